The number of pyridine rings is 2. The molecule has 1 saturated heterocycles. The molecule has 1 amide bonds. The van der Waals surface area contributed by atoms with Crippen LogP contribution in [-0.4, -0.2) is 54.3 Å². The summed E-state index contributed by atoms with van der Waals surface area (Å²) in [7, 11) is 0. The molecule has 3 aromatic rings. The van der Waals surface area contributed by atoms with E-state index >= 15 is 0 Å². The maximum atomic E-state index is 12.2. The van der Waals surface area contributed by atoms with Crippen molar-refractivity contribution < 1.29 is 18.7 Å². The Balaban J connectivity index is 1.26. The molecular weight excluding hydrogens is 396 g/mol. The molecule has 8 nitrogen and oxygen atoms in total. The van der Waals surface area contributed by atoms with Crippen LogP contribution in [0.5, 0.6) is 5.88 Å². The second kappa shape index (κ2) is 8.93. The number of hydrogen-bond donors (Lipinski definition) is 1. The molecule has 0 radical (unpaired) electrons. The zero-order chi connectivity index (χ0) is 21.0. The van der Waals surface area contributed by atoms with Crippen LogP contribution < -0.4 is 15.0 Å². The summed E-state index contributed by atoms with van der Waals surface area (Å²) >= 11 is 0. The van der Waals surface area contributed by atoms with E-state index in [2.05, 4.69) is 15.2 Å². The van der Waals surface area contributed by atoms with Crippen molar-refractivity contribution >= 4 is 22.6 Å². The van der Waals surface area contributed by atoms with Crippen LogP contribution in [0.2, 0.25) is 0 Å². The van der Waals surface area contributed by atoms with Crippen molar-refractivity contribution in [1.29, 1.82) is 0 Å². The Bertz CT molecular complexity index is 1030. The third kappa shape index (κ3) is 4.49. The van der Waals surface area contributed by atoms with Gasteiger partial charge in [-0.05, 0) is 49.9 Å². The number of fused-ring (bicyclic) bond motifs is 1. The summed E-state index contributed by atoms with van der Waals surface area (Å²) in [5, 5.41) is 3.98. The van der Waals surface area contributed by atoms with E-state index in [4.69, 9.17) is 18.9 Å². The van der Waals surface area contributed by atoms with E-state index in [0.29, 0.717) is 24.9 Å². The predicted molar refractivity (Wildman–Crippen MR) is 115 cm³/mol. The number of hydrogen-bond acceptors (Lipinski definition) is 7. The number of nitrogens with zero attached hydrogens (tertiary/aromatic N) is 3. The average molecular weight is 422 g/mol. The van der Waals surface area contributed by atoms with Gasteiger partial charge >= 0.3 is 0 Å². The highest BCUT2D eigenvalue weighted by Crippen LogP contribution is 2.31. The summed E-state index contributed by atoms with van der Waals surface area (Å²) in [5.41, 5.74) is 0.883. The lowest BCUT2D eigenvalue weighted by Crippen LogP contribution is -2.39. The molecule has 31 heavy (non-hydrogen) atoms. The molecule has 0 atom stereocenters. The topological polar surface area (TPSA) is 89.7 Å². The number of anilines is 1. The van der Waals surface area contributed by atoms with Gasteiger partial charge in [-0.3, -0.25) is 9.78 Å². The third-order valence-corrected chi connectivity index (χ3v) is 5.92. The van der Waals surface area contributed by atoms with Gasteiger partial charge in [0, 0.05) is 31.4 Å². The lowest BCUT2D eigenvalue weighted by Gasteiger charge is -2.30. The maximum absolute atomic E-state index is 12.2. The second-order valence-corrected chi connectivity index (χ2v) is 8.00. The Morgan fingerprint density at radius 2 is 1.97 bits per heavy atom. The number of amides is 1. The summed E-state index contributed by atoms with van der Waals surface area (Å²) < 4.78 is 17.0. The number of carbonyl (C=O) groups is 1. The minimum Gasteiger partial charge on any atom is -0.474 e. The van der Waals surface area contributed by atoms with Gasteiger partial charge in [0.15, 0.2) is 5.76 Å². The van der Waals surface area contributed by atoms with Crippen molar-refractivity contribution in [2.75, 3.05) is 31.2 Å². The molecule has 1 saturated carbocycles. The highest BCUT2D eigenvalue weighted by Gasteiger charge is 2.26. The zero-order valence-corrected chi connectivity index (χ0v) is 17.3. The van der Waals surface area contributed by atoms with Crippen LogP contribution in [0.15, 0.2) is 47.2 Å². The summed E-state index contributed by atoms with van der Waals surface area (Å²) in [5.74, 6) is 1.70. The first-order valence-electron chi connectivity index (χ1n) is 10.9. The van der Waals surface area contributed by atoms with Crippen LogP contribution >= 0.6 is 0 Å². The normalized spacial score (nSPS) is 21.7. The van der Waals surface area contributed by atoms with E-state index in [0.717, 1.165) is 55.5 Å². The van der Waals surface area contributed by atoms with Crippen LogP contribution in [0, 0.1) is 0 Å². The quantitative estimate of drug-likeness (QED) is 0.675. The number of morpholine rings is 1. The molecule has 0 aromatic carbocycles. The van der Waals surface area contributed by atoms with Gasteiger partial charge in [0.05, 0.1) is 30.4 Å². The van der Waals surface area contributed by atoms with Gasteiger partial charge in [-0.15, -0.1) is 0 Å². The van der Waals surface area contributed by atoms with Crippen molar-refractivity contribution in [3.63, 3.8) is 0 Å². The monoisotopic (exact) mass is 422 g/mol. The van der Waals surface area contributed by atoms with Crippen molar-refractivity contribution in [2.45, 2.75) is 37.8 Å². The minimum absolute atomic E-state index is 0.0626. The van der Waals surface area contributed by atoms with Crippen molar-refractivity contribution in [2.24, 2.45) is 0 Å². The Morgan fingerprint density at radius 1 is 1.13 bits per heavy atom. The van der Waals surface area contributed by atoms with Crippen molar-refractivity contribution in [1.82, 2.24) is 15.3 Å². The molecule has 162 valence electrons. The fraction of sp³-hybridized carbons (Fsp3) is 0.435. The van der Waals surface area contributed by atoms with Gasteiger partial charge in [0.2, 0.25) is 5.88 Å². The highest BCUT2D eigenvalue weighted by atomic mass is 16.5. The number of ether oxygens (including phenoxy) is 2. The van der Waals surface area contributed by atoms with E-state index in [1.54, 1.807) is 18.3 Å². The van der Waals surface area contributed by atoms with Crippen molar-refractivity contribution in [3.05, 3.63) is 48.6 Å². The SMILES string of the molecule is O=C(NC1CCC(Oc2nc(N3CCOCC3)cc3ncccc23)CC1)c1ccco1. The van der Waals surface area contributed by atoms with E-state index in [9.17, 15) is 4.79 Å². The van der Waals surface area contributed by atoms with E-state index in [-0.39, 0.29) is 18.1 Å². The number of furan rings is 1. The van der Waals surface area contributed by atoms with Crippen LogP contribution in [-0.2, 0) is 4.74 Å². The average Bonchev–Trinajstić information content (AvgIpc) is 3.36. The van der Waals surface area contributed by atoms with Gasteiger partial charge in [-0.2, -0.15) is 4.98 Å². The lowest BCUT2D eigenvalue weighted by atomic mass is 9.93. The molecule has 1 aliphatic heterocycles. The zero-order valence-electron chi connectivity index (χ0n) is 17.3. The van der Waals surface area contributed by atoms with Gasteiger partial charge in [0.25, 0.3) is 5.91 Å². The first-order valence-corrected chi connectivity index (χ1v) is 10.9. The summed E-state index contributed by atoms with van der Waals surface area (Å²) in [6, 6.07) is 9.46. The largest absolute Gasteiger partial charge is 0.474 e. The first kappa shape index (κ1) is 19.8. The molecule has 2 aliphatic rings. The molecule has 1 N–H and O–H groups in total. The Kier molecular flexibility index (Phi) is 5.71. The smallest absolute Gasteiger partial charge is 0.287 e. The first-order chi connectivity index (χ1) is 15.3. The Hall–Kier alpha value is -3.13. The summed E-state index contributed by atoms with van der Waals surface area (Å²) in [6.45, 7) is 3.02. The maximum Gasteiger partial charge on any atom is 0.287 e. The van der Waals surface area contributed by atoms with Gasteiger partial charge in [-0.25, -0.2) is 0 Å². The van der Waals surface area contributed by atoms with E-state index in [1.165, 1.54) is 6.26 Å². The molecule has 3 aromatic heterocycles. The van der Waals surface area contributed by atoms with E-state index < -0.39 is 0 Å². The number of aromatic nitrogens is 2. The number of carbonyl (C=O) groups excluding carboxylic acids is 1. The lowest BCUT2D eigenvalue weighted by molar-refractivity contribution is 0.0865. The Morgan fingerprint density at radius 3 is 2.74 bits per heavy atom. The molecule has 1 aliphatic carbocycles. The molecular formula is C23H26N4O4. The second-order valence-electron chi connectivity index (χ2n) is 8.00. The molecule has 0 spiro atoms. The van der Waals surface area contributed by atoms with E-state index in [1.807, 2.05) is 18.2 Å². The predicted octanol–water partition coefficient (Wildman–Crippen LogP) is 3.18. The number of nitrogens with one attached hydrogen (secondary N) is 1. The fourth-order valence-electron chi connectivity index (χ4n) is 4.22. The Labute approximate surface area is 180 Å². The molecule has 0 bridgehead atoms. The summed E-state index contributed by atoms with van der Waals surface area (Å²) in [6.07, 6.45) is 6.79. The fourth-order valence-corrected chi connectivity index (χ4v) is 4.22. The molecule has 0 unspecified atom stereocenters. The van der Waals surface area contributed by atoms with Gasteiger partial charge < -0.3 is 24.1 Å². The molecule has 2 fully saturated rings. The molecule has 5 rings (SSSR count). The minimum atomic E-state index is -0.161. The number of rotatable bonds is 5. The van der Waals surface area contributed by atoms with Crippen LogP contribution in [0.4, 0.5) is 5.82 Å². The van der Waals surface area contributed by atoms with Crippen LogP contribution in [0.3, 0.4) is 0 Å². The van der Waals surface area contributed by atoms with Crippen molar-refractivity contribution in [3.8, 4) is 5.88 Å². The van der Waals surface area contributed by atoms with Gasteiger partial charge in [0.1, 0.15) is 11.9 Å². The van der Waals surface area contributed by atoms with Gasteiger partial charge in [-0.1, -0.05) is 0 Å². The molecule has 8 heteroatoms. The third-order valence-electron chi connectivity index (χ3n) is 5.92. The summed E-state index contributed by atoms with van der Waals surface area (Å²) in [4.78, 5) is 23.8. The standard InChI is InChI=1S/C23H26N4O4/c28-22(20-4-2-12-30-20)25-16-5-7-17(8-6-16)31-23-18-3-1-9-24-19(18)15-21(26-23)27-10-13-29-14-11-27/h1-4,9,12,15-17H,5-8,10-11,13-14H2,(H,25,28). The van der Waals surface area contributed by atoms with Crippen LogP contribution in [0.25, 0.3) is 10.9 Å². The highest BCUT2D eigenvalue weighted by molar-refractivity contribution is 5.91. The van der Waals surface area contributed by atoms with Crippen LogP contribution in [0.1, 0.15) is 36.2 Å². The molecule has 4 heterocycles.